The molecular weight excluding hydrogens is 341 g/mol. The number of unbranched alkanes of at least 4 members (excludes halogenated alkanes) is 3. The molecule has 2 aromatic carbocycles. The van der Waals surface area contributed by atoms with Crippen molar-refractivity contribution < 1.29 is 23.1 Å². The predicted molar refractivity (Wildman–Crippen MR) is 95.1 cm³/mol. The minimum absolute atomic E-state index is 0.235. The summed E-state index contributed by atoms with van der Waals surface area (Å²) in [7, 11) is 0. The number of hydrogen-bond donors (Lipinski definition) is 1. The van der Waals surface area contributed by atoms with Gasteiger partial charge < -0.3 is 5.11 Å². The maximum absolute atomic E-state index is 12.6. The highest BCUT2D eigenvalue weighted by atomic mass is 19.4. The molecule has 0 fully saturated rings. The Hall–Kier alpha value is -2.30. The second kappa shape index (κ2) is 9.41. The Morgan fingerprint density at radius 1 is 0.769 bits per heavy atom. The van der Waals surface area contributed by atoms with E-state index in [1.165, 1.54) is 17.7 Å². The van der Waals surface area contributed by atoms with Crippen LogP contribution < -0.4 is 0 Å². The number of hydrogen-bond acceptors (Lipinski definition) is 1. The lowest BCUT2D eigenvalue weighted by Gasteiger charge is -2.08. The van der Waals surface area contributed by atoms with Crippen LogP contribution in [0.2, 0.25) is 0 Å². The van der Waals surface area contributed by atoms with E-state index in [0.717, 1.165) is 55.4 Å². The van der Waals surface area contributed by atoms with Gasteiger partial charge in [-0.05, 0) is 54.5 Å². The molecule has 0 heterocycles. The first-order valence-electron chi connectivity index (χ1n) is 8.80. The van der Waals surface area contributed by atoms with Gasteiger partial charge in [0.1, 0.15) is 0 Å². The molecule has 0 radical (unpaired) electrons. The molecule has 140 valence electrons. The molecule has 5 heteroatoms. The van der Waals surface area contributed by atoms with Gasteiger partial charge in [0.15, 0.2) is 0 Å². The summed E-state index contributed by atoms with van der Waals surface area (Å²) in [5.41, 5.74) is 2.51. The van der Waals surface area contributed by atoms with Crippen molar-refractivity contribution in [3.63, 3.8) is 0 Å². The Bertz CT molecular complexity index is 689. The van der Waals surface area contributed by atoms with Gasteiger partial charge in [0, 0.05) is 6.42 Å². The summed E-state index contributed by atoms with van der Waals surface area (Å²) in [5.74, 6) is -0.742. The molecule has 0 saturated heterocycles. The highest BCUT2D eigenvalue weighted by molar-refractivity contribution is 5.66. The Balaban J connectivity index is 1.77. The summed E-state index contributed by atoms with van der Waals surface area (Å²) in [6.45, 7) is 0. The normalized spacial score (nSPS) is 11.5. The highest BCUT2D eigenvalue weighted by Crippen LogP contribution is 2.29. The molecule has 2 nitrogen and oxygen atoms in total. The van der Waals surface area contributed by atoms with Gasteiger partial charge in [-0.3, -0.25) is 4.79 Å². The van der Waals surface area contributed by atoms with Gasteiger partial charge in [-0.25, -0.2) is 0 Å². The summed E-state index contributed by atoms with van der Waals surface area (Å²) in [4.78, 5) is 10.4. The molecular formula is C21H23F3O2. The van der Waals surface area contributed by atoms with E-state index in [2.05, 4.69) is 12.1 Å². The smallest absolute Gasteiger partial charge is 0.416 e. The first-order valence-corrected chi connectivity index (χ1v) is 8.80. The summed E-state index contributed by atoms with van der Waals surface area (Å²) >= 11 is 0. The molecule has 0 atom stereocenters. The van der Waals surface area contributed by atoms with Gasteiger partial charge in [-0.2, -0.15) is 13.2 Å². The first-order chi connectivity index (χ1) is 12.3. The van der Waals surface area contributed by atoms with Crippen LogP contribution in [0.15, 0.2) is 48.5 Å². The molecule has 0 saturated carbocycles. The van der Waals surface area contributed by atoms with Crippen LogP contribution in [0.5, 0.6) is 0 Å². The number of aliphatic carboxylic acids is 1. The SMILES string of the molecule is O=C(O)CCCCCCc1ccc(Cc2ccc(C(F)(F)F)cc2)cc1. The van der Waals surface area contributed by atoms with Gasteiger partial charge in [0.05, 0.1) is 5.56 Å². The molecule has 0 spiro atoms. The van der Waals surface area contributed by atoms with Crippen molar-refractivity contribution in [1.29, 1.82) is 0 Å². The monoisotopic (exact) mass is 364 g/mol. The molecule has 0 aliphatic rings. The first kappa shape index (κ1) is 20.0. The van der Waals surface area contributed by atoms with Crippen molar-refractivity contribution in [1.82, 2.24) is 0 Å². The lowest BCUT2D eigenvalue weighted by molar-refractivity contribution is -0.138. The Morgan fingerprint density at radius 3 is 1.81 bits per heavy atom. The fourth-order valence-electron chi connectivity index (χ4n) is 2.83. The molecule has 2 aromatic rings. The topological polar surface area (TPSA) is 37.3 Å². The number of benzene rings is 2. The molecule has 0 unspecified atom stereocenters. The second-order valence-corrected chi connectivity index (χ2v) is 6.50. The lowest BCUT2D eigenvalue weighted by Crippen LogP contribution is -2.04. The minimum Gasteiger partial charge on any atom is -0.481 e. The van der Waals surface area contributed by atoms with E-state index < -0.39 is 17.7 Å². The third kappa shape index (κ3) is 6.90. The number of carbonyl (C=O) groups is 1. The van der Waals surface area contributed by atoms with Gasteiger partial charge >= 0.3 is 12.1 Å². The quantitative estimate of drug-likeness (QED) is 0.565. The fourth-order valence-corrected chi connectivity index (χ4v) is 2.83. The molecule has 0 aliphatic heterocycles. The number of carboxylic acids is 1. The zero-order chi connectivity index (χ0) is 19.0. The summed E-state index contributed by atoms with van der Waals surface area (Å²) in [5, 5.41) is 8.58. The van der Waals surface area contributed by atoms with Crippen LogP contribution in [-0.2, 0) is 23.8 Å². The van der Waals surface area contributed by atoms with Crippen LogP contribution in [0, 0.1) is 0 Å². The molecule has 26 heavy (non-hydrogen) atoms. The van der Waals surface area contributed by atoms with E-state index in [1.54, 1.807) is 0 Å². The minimum atomic E-state index is -4.30. The molecule has 0 amide bonds. The van der Waals surface area contributed by atoms with E-state index in [1.807, 2.05) is 12.1 Å². The largest absolute Gasteiger partial charge is 0.481 e. The van der Waals surface area contributed by atoms with E-state index in [4.69, 9.17) is 5.11 Å². The van der Waals surface area contributed by atoms with Crippen LogP contribution in [0.25, 0.3) is 0 Å². The van der Waals surface area contributed by atoms with Crippen molar-refractivity contribution in [2.24, 2.45) is 0 Å². The van der Waals surface area contributed by atoms with Crippen LogP contribution in [0.1, 0.15) is 54.4 Å². The Morgan fingerprint density at radius 2 is 1.27 bits per heavy atom. The van der Waals surface area contributed by atoms with Crippen LogP contribution in [-0.4, -0.2) is 11.1 Å². The maximum atomic E-state index is 12.6. The second-order valence-electron chi connectivity index (χ2n) is 6.50. The van der Waals surface area contributed by atoms with E-state index in [9.17, 15) is 18.0 Å². The summed E-state index contributed by atoms with van der Waals surface area (Å²) < 4.78 is 37.7. The third-order valence-electron chi connectivity index (χ3n) is 4.32. The Labute approximate surface area is 151 Å². The zero-order valence-electron chi connectivity index (χ0n) is 14.6. The molecule has 0 bridgehead atoms. The lowest BCUT2D eigenvalue weighted by atomic mass is 10.00. The van der Waals surface area contributed by atoms with Crippen LogP contribution in [0.3, 0.4) is 0 Å². The van der Waals surface area contributed by atoms with Gasteiger partial charge in [0.2, 0.25) is 0 Å². The van der Waals surface area contributed by atoms with E-state index in [-0.39, 0.29) is 6.42 Å². The van der Waals surface area contributed by atoms with Crippen molar-refractivity contribution in [3.8, 4) is 0 Å². The van der Waals surface area contributed by atoms with E-state index >= 15 is 0 Å². The number of aryl methyl sites for hydroxylation is 1. The highest BCUT2D eigenvalue weighted by Gasteiger charge is 2.29. The molecule has 0 aliphatic carbocycles. The average Bonchev–Trinajstić information content (AvgIpc) is 2.59. The summed E-state index contributed by atoms with van der Waals surface area (Å²) in [6, 6.07) is 13.4. The molecule has 0 aromatic heterocycles. The number of carboxylic acid groups (broad SMARTS) is 1. The molecule has 2 rings (SSSR count). The van der Waals surface area contributed by atoms with E-state index in [0.29, 0.717) is 6.42 Å². The van der Waals surface area contributed by atoms with Gasteiger partial charge in [0.25, 0.3) is 0 Å². The zero-order valence-corrected chi connectivity index (χ0v) is 14.6. The van der Waals surface area contributed by atoms with Crippen LogP contribution in [0.4, 0.5) is 13.2 Å². The average molecular weight is 364 g/mol. The number of alkyl halides is 3. The van der Waals surface area contributed by atoms with Crippen molar-refractivity contribution in [2.45, 2.75) is 51.1 Å². The molecule has 1 N–H and O–H groups in total. The van der Waals surface area contributed by atoms with Gasteiger partial charge in [-0.1, -0.05) is 49.2 Å². The third-order valence-corrected chi connectivity index (χ3v) is 4.32. The summed E-state index contributed by atoms with van der Waals surface area (Å²) in [6.07, 6.45) is 1.19. The predicted octanol–water partition coefficient (Wildman–Crippen LogP) is 5.87. The van der Waals surface area contributed by atoms with Crippen molar-refractivity contribution in [3.05, 3.63) is 70.8 Å². The van der Waals surface area contributed by atoms with Crippen molar-refractivity contribution >= 4 is 5.97 Å². The van der Waals surface area contributed by atoms with Crippen LogP contribution >= 0.6 is 0 Å². The maximum Gasteiger partial charge on any atom is 0.416 e. The number of rotatable bonds is 9. The Kier molecular flexibility index (Phi) is 7.25. The standard InChI is InChI=1S/C21H23F3O2/c22-21(23,24)19-13-11-18(12-14-19)15-17-9-7-16(8-10-17)5-3-1-2-4-6-20(25)26/h7-14H,1-6,15H2,(H,25,26). The van der Waals surface area contributed by atoms with Crippen molar-refractivity contribution in [2.75, 3.05) is 0 Å². The van der Waals surface area contributed by atoms with Gasteiger partial charge in [-0.15, -0.1) is 0 Å². The fraction of sp³-hybridized carbons (Fsp3) is 0.381. The number of halogens is 3.